The monoisotopic (exact) mass is 516 g/mol. The van der Waals surface area contributed by atoms with Crippen LogP contribution in [0.25, 0.3) is 0 Å². The molecule has 1 aliphatic rings. The molecule has 5 rings (SSSR count). The number of ketones is 2. The molecular formula is C26H20N4O8. The summed E-state index contributed by atoms with van der Waals surface area (Å²) in [7, 11) is 0. The van der Waals surface area contributed by atoms with Crippen LogP contribution in [0.5, 0.6) is 11.5 Å². The predicted octanol–water partition coefficient (Wildman–Crippen LogP) is 1.88. The first-order chi connectivity index (χ1) is 18.3. The Balaban J connectivity index is 1.49. The van der Waals surface area contributed by atoms with Crippen LogP contribution in [0.1, 0.15) is 43.2 Å². The van der Waals surface area contributed by atoms with Crippen LogP contribution in [0.15, 0.2) is 67.3 Å². The minimum atomic E-state index is -0.727. The number of anilines is 2. The summed E-state index contributed by atoms with van der Waals surface area (Å²) in [5, 5.41) is 27.0. The number of nitrogens with zero attached hydrogens (tertiary/aromatic N) is 2. The van der Waals surface area contributed by atoms with Gasteiger partial charge in [0.15, 0.2) is 0 Å². The maximum atomic E-state index is 13.6. The molecule has 0 saturated carbocycles. The third kappa shape index (κ3) is 4.62. The molecular weight excluding hydrogens is 496 g/mol. The van der Waals surface area contributed by atoms with Gasteiger partial charge in [-0.2, -0.15) is 9.97 Å². The van der Waals surface area contributed by atoms with E-state index in [0.717, 1.165) is 12.1 Å². The van der Waals surface area contributed by atoms with Crippen LogP contribution in [-0.4, -0.2) is 44.8 Å². The van der Waals surface area contributed by atoms with Crippen LogP contribution in [0.2, 0.25) is 0 Å². The van der Waals surface area contributed by atoms with E-state index < -0.39 is 34.6 Å². The molecule has 1 aliphatic carbocycles. The fourth-order valence-corrected chi connectivity index (χ4v) is 4.29. The van der Waals surface area contributed by atoms with Gasteiger partial charge in [-0.1, -0.05) is 0 Å². The molecule has 12 nitrogen and oxygen atoms in total. The highest BCUT2D eigenvalue weighted by Gasteiger charge is 2.37. The van der Waals surface area contributed by atoms with E-state index in [4.69, 9.17) is 0 Å². The van der Waals surface area contributed by atoms with Gasteiger partial charge in [-0.3, -0.25) is 9.59 Å². The second kappa shape index (κ2) is 10.0. The van der Waals surface area contributed by atoms with Gasteiger partial charge in [-0.05, 0) is 36.4 Å². The van der Waals surface area contributed by atoms with Crippen LogP contribution < -0.4 is 22.1 Å². The van der Waals surface area contributed by atoms with Crippen molar-refractivity contribution in [3.8, 4) is 11.5 Å². The van der Waals surface area contributed by atoms with Gasteiger partial charge < -0.3 is 29.7 Å². The van der Waals surface area contributed by atoms with Crippen LogP contribution >= 0.6 is 0 Å². The van der Waals surface area contributed by atoms with Crippen molar-refractivity contribution in [2.75, 3.05) is 23.7 Å². The van der Waals surface area contributed by atoms with Gasteiger partial charge in [-0.25, -0.2) is 9.59 Å². The van der Waals surface area contributed by atoms with E-state index in [1.807, 2.05) is 0 Å². The van der Waals surface area contributed by atoms with Crippen molar-refractivity contribution in [2.24, 2.45) is 0 Å². The number of aromatic hydroxyl groups is 2. The fourth-order valence-electron chi connectivity index (χ4n) is 4.29. The third-order valence-corrected chi connectivity index (χ3v) is 6.00. The molecule has 0 radical (unpaired) electrons. The molecule has 2 aromatic heterocycles. The van der Waals surface area contributed by atoms with Gasteiger partial charge in [0, 0.05) is 37.3 Å². The van der Waals surface area contributed by atoms with E-state index in [1.54, 1.807) is 24.3 Å². The summed E-state index contributed by atoms with van der Waals surface area (Å²) >= 11 is 0. The number of rotatable bonds is 8. The molecule has 0 unspecified atom stereocenters. The Morgan fingerprint density at radius 2 is 1.03 bits per heavy atom. The summed E-state index contributed by atoms with van der Waals surface area (Å²) in [6.07, 6.45) is 3.12. The molecule has 192 valence electrons. The number of fused-ring (bicyclic) bond motifs is 2. The molecule has 4 aromatic rings. The zero-order valence-corrected chi connectivity index (χ0v) is 19.7. The molecule has 2 heterocycles. The number of phenols is 2. The molecule has 0 amide bonds. The van der Waals surface area contributed by atoms with Gasteiger partial charge in [0.2, 0.25) is 11.6 Å². The lowest BCUT2D eigenvalue weighted by Crippen LogP contribution is -2.25. The number of carbonyl (C=O) groups is 2. The first kappa shape index (κ1) is 24.4. The van der Waals surface area contributed by atoms with Crippen molar-refractivity contribution in [1.82, 2.24) is 9.97 Å². The third-order valence-electron chi connectivity index (χ3n) is 6.00. The van der Waals surface area contributed by atoms with E-state index in [2.05, 4.69) is 29.4 Å². The Morgan fingerprint density at radius 1 is 0.605 bits per heavy atom. The molecule has 0 aliphatic heterocycles. The lowest BCUT2D eigenvalue weighted by atomic mass is 9.81. The number of nitrogens with one attached hydrogen (secondary N) is 2. The number of phenolic OH excluding ortho intramolecular Hbond substituents is 2. The number of benzene rings is 2. The van der Waals surface area contributed by atoms with Crippen molar-refractivity contribution in [2.45, 2.75) is 12.8 Å². The average molecular weight is 516 g/mol. The SMILES string of the molecule is O=C1c2c(O)ccc(O)c2C(=O)c2c(NCCc3ccoc(=O)n3)ccc(NCCc3ccoc(=O)n3)c21. The smallest absolute Gasteiger partial charge is 0.438 e. The Hall–Kier alpha value is -5.26. The highest BCUT2D eigenvalue weighted by Crippen LogP contribution is 2.42. The molecule has 0 spiro atoms. The molecule has 0 saturated heterocycles. The summed E-state index contributed by atoms with van der Waals surface area (Å²) in [6.45, 7) is 0.524. The van der Waals surface area contributed by atoms with Crippen molar-refractivity contribution < 1.29 is 28.6 Å². The van der Waals surface area contributed by atoms with E-state index >= 15 is 0 Å². The van der Waals surface area contributed by atoms with E-state index in [1.165, 1.54) is 12.5 Å². The molecule has 4 N–H and O–H groups in total. The largest absolute Gasteiger partial charge is 0.507 e. The second-order valence-electron chi connectivity index (χ2n) is 8.36. The van der Waals surface area contributed by atoms with Crippen molar-refractivity contribution >= 4 is 22.9 Å². The van der Waals surface area contributed by atoms with Crippen molar-refractivity contribution in [3.05, 3.63) is 104 Å². The Kier molecular flexibility index (Phi) is 6.44. The van der Waals surface area contributed by atoms with E-state index in [-0.39, 0.29) is 35.3 Å². The Labute approximate surface area is 213 Å². The van der Waals surface area contributed by atoms with Gasteiger partial charge in [0.05, 0.1) is 46.2 Å². The summed E-state index contributed by atoms with van der Waals surface area (Å²) < 4.78 is 9.24. The highest BCUT2D eigenvalue weighted by molar-refractivity contribution is 6.33. The van der Waals surface area contributed by atoms with Crippen LogP contribution in [0.3, 0.4) is 0 Å². The number of carbonyl (C=O) groups excluding carboxylic acids is 2. The summed E-state index contributed by atoms with van der Waals surface area (Å²) in [6, 6.07) is 8.61. The Morgan fingerprint density at radius 3 is 1.42 bits per heavy atom. The lowest BCUT2D eigenvalue weighted by Gasteiger charge is -2.25. The number of aromatic nitrogens is 2. The maximum absolute atomic E-state index is 13.6. The van der Waals surface area contributed by atoms with Crippen LogP contribution in [0, 0.1) is 0 Å². The van der Waals surface area contributed by atoms with Crippen LogP contribution in [0.4, 0.5) is 11.4 Å². The highest BCUT2D eigenvalue weighted by atomic mass is 16.4. The average Bonchev–Trinajstić information content (AvgIpc) is 2.89. The number of hydrogen-bond donors (Lipinski definition) is 4. The Bertz CT molecular complexity index is 1570. The fraction of sp³-hybridized carbons (Fsp3) is 0.154. The normalized spacial score (nSPS) is 12.1. The molecule has 2 aromatic carbocycles. The maximum Gasteiger partial charge on any atom is 0.438 e. The quantitative estimate of drug-likeness (QED) is 0.220. The first-order valence-electron chi connectivity index (χ1n) is 11.5. The molecule has 38 heavy (non-hydrogen) atoms. The zero-order chi connectivity index (χ0) is 26.8. The predicted molar refractivity (Wildman–Crippen MR) is 133 cm³/mol. The minimum absolute atomic E-state index is 0.0208. The summed E-state index contributed by atoms with van der Waals surface area (Å²) in [4.78, 5) is 57.4. The van der Waals surface area contributed by atoms with E-state index in [0.29, 0.717) is 35.6 Å². The lowest BCUT2D eigenvalue weighted by molar-refractivity contribution is 0.0975. The zero-order valence-electron chi connectivity index (χ0n) is 19.7. The molecule has 0 fully saturated rings. The van der Waals surface area contributed by atoms with Crippen molar-refractivity contribution in [3.63, 3.8) is 0 Å². The van der Waals surface area contributed by atoms with Crippen molar-refractivity contribution in [1.29, 1.82) is 0 Å². The topological polar surface area (TPSA) is 185 Å². The van der Waals surface area contributed by atoms with Gasteiger partial charge in [0.1, 0.15) is 11.5 Å². The second-order valence-corrected chi connectivity index (χ2v) is 8.36. The van der Waals surface area contributed by atoms with Crippen LogP contribution in [-0.2, 0) is 12.8 Å². The van der Waals surface area contributed by atoms with Gasteiger partial charge in [-0.15, -0.1) is 0 Å². The molecule has 0 atom stereocenters. The van der Waals surface area contributed by atoms with Gasteiger partial charge >= 0.3 is 11.5 Å². The summed E-state index contributed by atoms with van der Waals surface area (Å²) in [5.74, 6) is -3.60. The standard InChI is InChI=1S/C26H20N4O8/c31-17-3-4-18(32)22-21(17)23(33)19-15(27-9-5-13-7-11-37-25(35)29-13)1-2-16(20(19)24(22)34)28-10-6-14-8-12-38-26(36)30-14/h1-4,7-8,11-12,27-28,31-32H,5-6,9-10H2. The molecule has 12 heteroatoms. The number of hydrogen-bond acceptors (Lipinski definition) is 12. The molecule has 0 bridgehead atoms. The van der Waals surface area contributed by atoms with E-state index in [9.17, 15) is 29.4 Å². The first-order valence-corrected chi connectivity index (χ1v) is 11.5. The minimum Gasteiger partial charge on any atom is -0.507 e. The van der Waals surface area contributed by atoms with Gasteiger partial charge in [0.25, 0.3) is 0 Å². The summed E-state index contributed by atoms with van der Waals surface area (Å²) in [5.41, 5.74) is 1.06.